The van der Waals surface area contributed by atoms with Crippen LogP contribution >= 0.6 is 11.3 Å². The summed E-state index contributed by atoms with van der Waals surface area (Å²) in [6.45, 7) is 1.96. The van der Waals surface area contributed by atoms with E-state index in [0.717, 1.165) is 11.1 Å². The first kappa shape index (κ1) is 21.4. The smallest absolute Gasteiger partial charge is 0.126 e. The summed E-state index contributed by atoms with van der Waals surface area (Å²) >= 11 is 1.42. The van der Waals surface area contributed by atoms with Crippen LogP contribution in [0.1, 0.15) is 11.9 Å². The van der Waals surface area contributed by atoms with E-state index in [1.807, 2.05) is 13.0 Å². The van der Waals surface area contributed by atoms with Gasteiger partial charge < -0.3 is 0 Å². The van der Waals surface area contributed by atoms with Crippen LogP contribution in [0.25, 0.3) is 21.7 Å². The molecule has 0 fully saturated rings. The lowest BCUT2D eigenvalue weighted by atomic mass is 10.1. The largest absolute Gasteiger partial charge is 0.263 e. The van der Waals surface area contributed by atoms with Gasteiger partial charge in [-0.1, -0.05) is 25.1 Å². The molecule has 0 radical (unpaired) electrons. The van der Waals surface area contributed by atoms with Gasteiger partial charge in [0.05, 0.1) is 15.6 Å². The van der Waals surface area contributed by atoms with Crippen molar-refractivity contribution in [2.24, 2.45) is 5.14 Å². The van der Waals surface area contributed by atoms with Crippen LogP contribution in [0.5, 0.6) is 0 Å². The first-order valence-electron chi connectivity index (χ1n) is 9.59. The Hall–Kier alpha value is -2.81. The van der Waals surface area contributed by atoms with E-state index >= 15 is 0 Å². The van der Waals surface area contributed by atoms with E-state index in [0.29, 0.717) is 33.0 Å². The van der Waals surface area contributed by atoms with Crippen LogP contribution in [0.3, 0.4) is 0 Å². The number of hydrogen-bond donors (Lipinski definition) is 1. The quantitative estimate of drug-likeness (QED) is 0.433. The van der Waals surface area contributed by atoms with Crippen molar-refractivity contribution in [2.75, 3.05) is 6.26 Å². The zero-order chi connectivity index (χ0) is 22.2. The molecule has 8 heteroatoms. The van der Waals surface area contributed by atoms with E-state index in [1.165, 1.54) is 29.7 Å². The van der Waals surface area contributed by atoms with Gasteiger partial charge in [-0.3, -0.25) is 9.35 Å². The minimum Gasteiger partial charge on any atom is -0.263 e. The van der Waals surface area contributed by atoms with Gasteiger partial charge in [-0.2, -0.15) is 0 Å². The normalized spacial score (nSPS) is 13.0. The highest BCUT2D eigenvalue weighted by molar-refractivity contribution is 8.17. The van der Waals surface area contributed by atoms with Gasteiger partial charge in [0, 0.05) is 38.2 Å². The fourth-order valence-corrected chi connectivity index (χ4v) is 6.14. The molecule has 0 saturated carbocycles. The van der Waals surface area contributed by atoms with Crippen molar-refractivity contribution in [1.29, 1.82) is 0 Å². The molecule has 0 bridgehead atoms. The summed E-state index contributed by atoms with van der Waals surface area (Å²) in [7, 11) is -3.93. The highest BCUT2D eigenvalue weighted by Gasteiger charge is 2.33. The van der Waals surface area contributed by atoms with Gasteiger partial charge >= 0.3 is 0 Å². The second-order valence-corrected chi connectivity index (χ2v) is 12.2. The van der Waals surface area contributed by atoms with E-state index in [4.69, 9.17) is 5.14 Å². The van der Waals surface area contributed by atoms with E-state index in [1.54, 1.807) is 42.6 Å². The fourth-order valence-electron chi connectivity index (χ4n) is 3.31. The monoisotopic (exact) mass is 457 g/mol. The van der Waals surface area contributed by atoms with Crippen LogP contribution in [-0.4, -0.2) is 20.4 Å². The van der Waals surface area contributed by atoms with E-state index < -0.39 is 20.9 Å². The number of aromatic nitrogens is 2. The second-order valence-electron chi connectivity index (χ2n) is 7.40. The van der Waals surface area contributed by atoms with Crippen molar-refractivity contribution < 1.29 is 13.0 Å². The summed E-state index contributed by atoms with van der Waals surface area (Å²) in [5, 5.41) is 7.51. The zero-order valence-electron chi connectivity index (χ0n) is 17.0. The molecule has 2 N–H and O–H groups in total. The molecule has 0 unspecified atom stereocenters. The van der Waals surface area contributed by atoms with E-state index in [-0.39, 0.29) is 5.03 Å². The predicted octanol–water partition coefficient (Wildman–Crippen LogP) is 5.45. The van der Waals surface area contributed by atoms with Crippen LogP contribution in [0.15, 0.2) is 76.8 Å². The standard InChI is InChI=1S/C23H21F2N3OS2/c1-3-20-28-22(16-11-17(24)14-18(25)12-16)23(30-20)15-9-10-27-21(13-15)31(2,26,29)19-7-5-4-6-8-19/h4-14H,3H2,1-2H3,(H2,26,29). The molecule has 2 heterocycles. The summed E-state index contributed by atoms with van der Waals surface area (Å²) in [5.74, 6) is -1.35. The Labute approximate surface area is 183 Å². The Balaban J connectivity index is 1.89. The molecule has 4 nitrogen and oxygen atoms in total. The molecule has 0 saturated heterocycles. The van der Waals surface area contributed by atoms with Gasteiger partial charge in [-0.05, 0) is 48.4 Å². The van der Waals surface area contributed by atoms with Crippen LogP contribution in [-0.2, 0) is 15.7 Å². The lowest BCUT2D eigenvalue weighted by Crippen LogP contribution is -2.42. The van der Waals surface area contributed by atoms with Gasteiger partial charge in [0.25, 0.3) is 0 Å². The van der Waals surface area contributed by atoms with Crippen molar-refractivity contribution >= 4 is 20.6 Å². The topological polar surface area (TPSA) is 68.9 Å². The highest BCUT2D eigenvalue weighted by atomic mass is 32.3. The van der Waals surface area contributed by atoms with Crippen LogP contribution in [0.2, 0.25) is 0 Å². The van der Waals surface area contributed by atoms with Crippen LogP contribution in [0.4, 0.5) is 8.78 Å². The molecule has 0 aliphatic carbocycles. The lowest BCUT2D eigenvalue weighted by Gasteiger charge is -2.33. The number of nitrogens with zero attached hydrogens (tertiary/aromatic N) is 2. The molecule has 0 aliphatic rings. The van der Waals surface area contributed by atoms with Gasteiger partial charge in [0.15, 0.2) is 0 Å². The molecule has 160 valence electrons. The van der Waals surface area contributed by atoms with Crippen molar-refractivity contribution in [3.05, 3.63) is 83.5 Å². The molecular formula is C23H21F2N3OS2. The Morgan fingerprint density at radius 1 is 1.00 bits per heavy atom. The maximum Gasteiger partial charge on any atom is 0.126 e. The van der Waals surface area contributed by atoms with Gasteiger partial charge in [-0.25, -0.2) is 18.7 Å². The molecule has 2 aromatic carbocycles. The number of nitrogens with two attached hydrogens (primary N) is 1. The highest BCUT2D eigenvalue weighted by Crippen LogP contribution is 2.40. The molecule has 4 rings (SSSR count). The van der Waals surface area contributed by atoms with Crippen molar-refractivity contribution in [1.82, 2.24) is 9.97 Å². The van der Waals surface area contributed by atoms with Crippen LogP contribution in [0, 0.1) is 11.6 Å². The predicted molar refractivity (Wildman–Crippen MR) is 121 cm³/mol. The van der Waals surface area contributed by atoms with Gasteiger partial charge in [0.2, 0.25) is 0 Å². The van der Waals surface area contributed by atoms with Crippen molar-refractivity contribution in [3.63, 3.8) is 0 Å². The summed E-state index contributed by atoms with van der Waals surface area (Å²) in [6, 6.07) is 15.6. The minimum absolute atomic E-state index is 0.239. The van der Waals surface area contributed by atoms with Crippen molar-refractivity contribution in [3.8, 4) is 21.7 Å². The number of halogens is 2. The van der Waals surface area contributed by atoms with Gasteiger partial charge in [0.1, 0.15) is 16.7 Å². The van der Waals surface area contributed by atoms with E-state index in [9.17, 15) is 13.0 Å². The number of thiazole rings is 1. The Morgan fingerprint density at radius 2 is 1.68 bits per heavy atom. The molecule has 31 heavy (non-hydrogen) atoms. The first-order valence-corrected chi connectivity index (χ1v) is 12.8. The van der Waals surface area contributed by atoms with Crippen LogP contribution < -0.4 is 5.14 Å². The third-order valence-corrected chi connectivity index (χ3v) is 8.91. The fraction of sp³-hybridized carbons (Fsp3) is 0.130. The average molecular weight is 458 g/mol. The maximum absolute atomic E-state index is 13.9. The zero-order valence-corrected chi connectivity index (χ0v) is 18.6. The van der Waals surface area contributed by atoms with Gasteiger partial charge in [-0.15, -0.1) is 11.3 Å². The van der Waals surface area contributed by atoms with E-state index in [2.05, 4.69) is 9.97 Å². The molecule has 2 aromatic heterocycles. The number of hydrogen-bond acceptors (Lipinski definition) is 4. The molecule has 0 spiro atoms. The summed E-state index contributed by atoms with van der Waals surface area (Å²) in [4.78, 5) is 10.1. The number of rotatable bonds is 5. The molecule has 0 amide bonds. The molecule has 0 aliphatic heterocycles. The summed E-state index contributed by atoms with van der Waals surface area (Å²) < 4.78 is 41.6. The summed E-state index contributed by atoms with van der Waals surface area (Å²) in [6.07, 6.45) is 3.70. The Kier molecular flexibility index (Phi) is 5.33. The molecule has 4 aromatic rings. The minimum atomic E-state index is -3.93. The molecular weight excluding hydrogens is 436 g/mol. The Morgan fingerprint density at radius 3 is 2.32 bits per heavy atom. The third kappa shape index (κ3) is 4.06. The number of benzene rings is 2. The second kappa shape index (κ2) is 7.71. The lowest BCUT2D eigenvalue weighted by molar-refractivity contribution is 0.584. The first-order chi connectivity index (χ1) is 14.7. The summed E-state index contributed by atoms with van der Waals surface area (Å²) in [5.41, 5.74) is 1.49. The maximum atomic E-state index is 13.9. The SMILES string of the molecule is CCc1nc(-c2cc(F)cc(F)c2)c(-c2ccnc(S(C)(N)(=O)c3ccccc3)c2)s1. The average Bonchev–Trinajstić information content (AvgIpc) is 3.18. The van der Waals surface area contributed by atoms with Crippen molar-refractivity contribution in [2.45, 2.75) is 23.3 Å². The molecule has 0 atom stereocenters. The third-order valence-electron chi connectivity index (χ3n) is 4.96. The Bertz CT molecular complexity index is 1310. The number of aryl methyl sites for hydroxylation is 1. The number of pyridine rings is 1.